The second-order valence-electron chi connectivity index (χ2n) is 4.71. The highest BCUT2D eigenvalue weighted by Crippen LogP contribution is 2.36. The monoisotopic (exact) mass is 395 g/mol. The van der Waals surface area contributed by atoms with Crippen molar-refractivity contribution in [2.45, 2.75) is 13.8 Å². The van der Waals surface area contributed by atoms with Gasteiger partial charge in [-0.3, -0.25) is 0 Å². The number of nitrogens with zero attached hydrogens (tertiary/aromatic N) is 3. The third kappa shape index (κ3) is 4.02. The van der Waals surface area contributed by atoms with Gasteiger partial charge >= 0.3 is 11.9 Å². The van der Waals surface area contributed by atoms with Gasteiger partial charge in [-0.05, 0) is 26.0 Å². The lowest BCUT2D eigenvalue weighted by Gasteiger charge is -2.05. The molecule has 2 aromatic rings. The van der Waals surface area contributed by atoms with E-state index < -0.39 is 17.7 Å². The number of rotatable bonds is 5. The van der Waals surface area contributed by atoms with Crippen LogP contribution in [0.2, 0.25) is 10.0 Å². The topological polar surface area (TPSA) is 115 Å². The number of aryl methyl sites for hydroxylation is 1. The van der Waals surface area contributed by atoms with Crippen molar-refractivity contribution in [3.05, 3.63) is 39.6 Å². The lowest BCUT2D eigenvalue weighted by Crippen LogP contribution is -2.17. The molecule has 0 atom stereocenters. The van der Waals surface area contributed by atoms with Crippen molar-refractivity contribution in [1.82, 2.24) is 5.16 Å². The highest BCUT2D eigenvalue weighted by atomic mass is 35.5. The van der Waals surface area contributed by atoms with E-state index in [9.17, 15) is 9.59 Å². The summed E-state index contributed by atoms with van der Waals surface area (Å²) < 4.78 is 9.64. The number of hydrogen-bond donors (Lipinski definition) is 0. The fourth-order valence-corrected chi connectivity index (χ4v) is 2.52. The van der Waals surface area contributed by atoms with Crippen LogP contribution in [0.4, 0.5) is 0 Å². The minimum absolute atomic E-state index is 0.0351. The van der Waals surface area contributed by atoms with Gasteiger partial charge in [0, 0.05) is 5.56 Å². The van der Waals surface area contributed by atoms with E-state index in [1.165, 1.54) is 13.0 Å². The largest absolute Gasteiger partial charge is 0.461 e. The van der Waals surface area contributed by atoms with Crippen LogP contribution in [0.15, 0.2) is 27.9 Å². The van der Waals surface area contributed by atoms with Crippen LogP contribution in [-0.2, 0) is 14.4 Å². The molecule has 0 spiro atoms. The molecule has 1 aromatic carbocycles. The first kappa shape index (κ1) is 19.4. The Morgan fingerprint density at radius 3 is 2.58 bits per heavy atom. The molecule has 8 nitrogen and oxygen atoms in total. The number of oxime groups is 1. The van der Waals surface area contributed by atoms with Crippen LogP contribution in [0.25, 0.3) is 11.3 Å². The molecule has 0 fully saturated rings. The number of carbonyl (C=O) groups excluding carboxylic acids is 2. The molecule has 0 aliphatic heterocycles. The first-order valence-electron chi connectivity index (χ1n) is 7.17. The van der Waals surface area contributed by atoms with Gasteiger partial charge in [-0.15, -0.1) is 0 Å². The van der Waals surface area contributed by atoms with Crippen molar-refractivity contribution >= 4 is 40.9 Å². The van der Waals surface area contributed by atoms with Crippen molar-refractivity contribution in [1.29, 1.82) is 5.26 Å². The van der Waals surface area contributed by atoms with Crippen molar-refractivity contribution in [3.63, 3.8) is 0 Å². The first-order valence-corrected chi connectivity index (χ1v) is 7.93. The Bertz CT molecular complexity index is 910. The van der Waals surface area contributed by atoms with Crippen molar-refractivity contribution in [3.8, 4) is 17.3 Å². The van der Waals surface area contributed by atoms with Gasteiger partial charge in [0.05, 0.1) is 16.7 Å². The highest BCUT2D eigenvalue weighted by molar-refractivity contribution is 6.43. The van der Waals surface area contributed by atoms with Crippen LogP contribution in [-0.4, -0.2) is 29.4 Å². The molecule has 10 heteroatoms. The van der Waals surface area contributed by atoms with E-state index in [1.54, 1.807) is 25.1 Å². The van der Waals surface area contributed by atoms with E-state index in [4.69, 9.17) is 33.0 Å². The number of nitriles is 1. The van der Waals surface area contributed by atoms with Gasteiger partial charge in [0.1, 0.15) is 23.1 Å². The molecule has 0 saturated heterocycles. The van der Waals surface area contributed by atoms with Crippen LogP contribution in [0, 0.1) is 18.3 Å². The second-order valence-corrected chi connectivity index (χ2v) is 5.52. The SMILES string of the molecule is CCOC(=O)/C(C#N)=N/OC(=O)c1c(-c2c(Cl)cccc2Cl)noc1C. The fraction of sp³-hybridized carbons (Fsp3) is 0.188. The molecule has 2 rings (SSSR count). The molecule has 0 bridgehead atoms. The van der Waals surface area contributed by atoms with Gasteiger partial charge in [0.25, 0.3) is 5.71 Å². The van der Waals surface area contributed by atoms with Gasteiger partial charge in [0.15, 0.2) is 0 Å². The maximum atomic E-state index is 12.4. The number of ether oxygens (including phenoxy) is 1. The van der Waals surface area contributed by atoms with E-state index in [0.717, 1.165) is 0 Å². The summed E-state index contributed by atoms with van der Waals surface area (Å²) in [4.78, 5) is 28.5. The summed E-state index contributed by atoms with van der Waals surface area (Å²) in [6, 6.07) is 6.24. The second kappa shape index (κ2) is 8.47. The number of carbonyl (C=O) groups is 2. The fourth-order valence-electron chi connectivity index (χ4n) is 1.94. The van der Waals surface area contributed by atoms with Crippen molar-refractivity contribution in [2.75, 3.05) is 6.61 Å². The number of esters is 1. The molecule has 0 unspecified atom stereocenters. The highest BCUT2D eigenvalue weighted by Gasteiger charge is 2.27. The minimum atomic E-state index is -1.01. The van der Waals surface area contributed by atoms with Crippen LogP contribution < -0.4 is 0 Å². The van der Waals surface area contributed by atoms with E-state index in [2.05, 4.69) is 19.9 Å². The van der Waals surface area contributed by atoms with Crippen molar-refractivity contribution < 1.29 is 23.7 Å². The Morgan fingerprint density at radius 2 is 2.00 bits per heavy atom. The van der Waals surface area contributed by atoms with E-state index in [-0.39, 0.29) is 39.2 Å². The maximum absolute atomic E-state index is 12.4. The normalized spacial score (nSPS) is 11.0. The number of halogens is 2. The van der Waals surface area contributed by atoms with Gasteiger partial charge in [-0.1, -0.05) is 39.6 Å². The summed E-state index contributed by atoms with van der Waals surface area (Å²) in [5.74, 6) is -1.91. The molecule has 1 aromatic heterocycles. The molecule has 134 valence electrons. The van der Waals surface area contributed by atoms with Crippen LogP contribution in [0.1, 0.15) is 23.0 Å². The Labute approximate surface area is 157 Å². The summed E-state index contributed by atoms with van der Waals surface area (Å²) in [6.45, 7) is 3.06. The van der Waals surface area contributed by atoms with Gasteiger partial charge in [-0.2, -0.15) is 5.26 Å². The predicted molar refractivity (Wildman–Crippen MR) is 91.8 cm³/mol. The van der Waals surface area contributed by atoms with Gasteiger partial charge in [-0.25, -0.2) is 9.59 Å². The smallest absolute Gasteiger partial charge is 0.371 e. The first-order chi connectivity index (χ1) is 12.4. The molecule has 0 N–H and O–H groups in total. The van der Waals surface area contributed by atoms with Gasteiger partial charge < -0.3 is 14.1 Å². The standard InChI is InChI=1S/C16H11Cl2N3O5/c1-3-24-15(22)11(7-19)20-26-16(23)12-8(2)25-21-14(12)13-9(17)5-4-6-10(13)18/h4-6H,3H2,1-2H3/b20-11+. The molecular weight excluding hydrogens is 385 g/mol. The zero-order chi connectivity index (χ0) is 19.3. The molecular formula is C16H11Cl2N3O5. The van der Waals surface area contributed by atoms with Crippen LogP contribution in [0.3, 0.4) is 0 Å². The zero-order valence-electron chi connectivity index (χ0n) is 13.6. The molecule has 0 radical (unpaired) electrons. The van der Waals surface area contributed by atoms with E-state index in [0.29, 0.717) is 0 Å². The number of hydrogen-bond acceptors (Lipinski definition) is 8. The van der Waals surface area contributed by atoms with E-state index in [1.807, 2.05) is 0 Å². The maximum Gasteiger partial charge on any atom is 0.371 e. The minimum Gasteiger partial charge on any atom is -0.461 e. The Morgan fingerprint density at radius 1 is 1.35 bits per heavy atom. The summed E-state index contributed by atoms with van der Waals surface area (Å²) in [6.07, 6.45) is 0. The molecule has 26 heavy (non-hydrogen) atoms. The number of benzene rings is 1. The van der Waals surface area contributed by atoms with Crippen LogP contribution >= 0.6 is 23.2 Å². The predicted octanol–water partition coefficient (Wildman–Crippen LogP) is 3.56. The lowest BCUT2D eigenvalue weighted by molar-refractivity contribution is -0.135. The summed E-state index contributed by atoms with van der Waals surface area (Å²) in [7, 11) is 0. The number of aromatic nitrogens is 1. The summed E-state index contributed by atoms with van der Waals surface area (Å²) in [5, 5.41) is 16.4. The quantitative estimate of drug-likeness (QED) is 0.328. The summed E-state index contributed by atoms with van der Waals surface area (Å²) in [5.41, 5.74) is -0.487. The Kier molecular flexibility index (Phi) is 6.33. The summed E-state index contributed by atoms with van der Waals surface area (Å²) >= 11 is 12.3. The molecule has 0 aliphatic rings. The Balaban J connectivity index is 2.39. The zero-order valence-corrected chi connectivity index (χ0v) is 15.1. The molecule has 0 aliphatic carbocycles. The third-order valence-electron chi connectivity index (χ3n) is 3.06. The average Bonchev–Trinajstić information content (AvgIpc) is 2.96. The van der Waals surface area contributed by atoms with Crippen molar-refractivity contribution in [2.24, 2.45) is 5.16 Å². The Hall–Kier alpha value is -2.89. The van der Waals surface area contributed by atoms with E-state index >= 15 is 0 Å². The average molecular weight is 396 g/mol. The van der Waals surface area contributed by atoms with Gasteiger partial charge in [0.2, 0.25) is 0 Å². The van der Waals surface area contributed by atoms with Crippen LogP contribution in [0.5, 0.6) is 0 Å². The molecule has 1 heterocycles. The third-order valence-corrected chi connectivity index (χ3v) is 3.69. The molecule has 0 amide bonds. The molecule has 0 saturated carbocycles. The lowest BCUT2D eigenvalue weighted by atomic mass is 10.1.